The second-order valence-electron chi connectivity index (χ2n) is 5.54. The van der Waals surface area contributed by atoms with Crippen molar-refractivity contribution in [3.63, 3.8) is 0 Å². The smallest absolute Gasteiger partial charge is 0.224 e. The van der Waals surface area contributed by atoms with Gasteiger partial charge in [0, 0.05) is 17.0 Å². The standard InChI is InChI=1S/C19H20N2O2S3/c1-23-14-6-8-15(9-7-14)25-11-3-4-18(22)20-13-5-10-16-17(12-13)26-19(21-16)24-2/h5-10,12H,3-4,11H2,1-2H3,(H,20,22). The number of aromatic nitrogens is 1. The normalized spacial score (nSPS) is 10.8. The molecule has 0 saturated carbocycles. The van der Waals surface area contributed by atoms with Gasteiger partial charge in [-0.05, 0) is 60.9 Å². The van der Waals surface area contributed by atoms with Gasteiger partial charge in [0.15, 0.2) is 4.34 Å². The maximum Gasteiger partial charge on any atom is 0.224 e. The lowest BCUT2D eigenvalue weighted by atomic mass is 10.2. The van der Waals surface area contributed by atoms with Crippen LogP contribution in [0.4, 0.5) is 5.69 Å². The number of anilines is 1. The molecule has 0 spiro atoms. The molecule has 3 rings (SSSR count). The molecule has 7 heteroatoms. The molecule has 0 radical (unpaired) electrons. The molecule has 2 aromatic carbocycles. The Balaban J connectivity index is 1.44. The Morgan fingerprint density at radius 2 is 2.04 bits per heavy atom. The summed E-state index contributed by atoms with van der Waals surface area (Å²) in [5.41, 5.74) is 1.81. The molecule has 0 atom stereocenters. The number of nitrogens with zero attached hydrogens (tertiary/aromatic N) is 1. The predicted octanol–water partition coefficient (Wildman–Crippen LogP) is 5.54. The maximum absolute atomic E-state index is 12.2. The van der Waals surface area contributed by atoms with Gasteiger partial charge >= 0.3 is 0 Å². The summed E-state index contributed by atoms with van der Waals surface area (Å²) >= 11 is 5.04. The number of nitrogens with one attached hydrogen (secondary N) is 1. The van der Waals surface area contributed by atoms with E-state index in [9.17, 15) is 4.79 Å². The molecule has 0 saturated heterocycles. The van der Waals surface area contributed by atoms with E-state index in [4.69, 9.17) is 4.74 Å². The molecule has 136 valence electrons. The highest BCUT2D eigenvalue weighted by molar-refractivity contribution is 8.00. The summed E-state index contributed by atoms with van der Waals surface area (Å²) < 4.78 is 7.29. The number of amides is 1. The van der Waals surface area contributed by atoms with Gasteiger partial charge in [0.25, 0.3) is 0 Å². The monoisotopic (exact) mass is 404 g/mol. The van der Waals surface area contributed by atoms with Crippen molar-refractivity contribution < 1.29 is 9.53 Å². The van der Waals surface area contributed by atoms with Crippen molar-refractivity contribution in [1.82, 2.24) is 4.98 Å². The van der Waals surface area contributed by atoms with Crippen molar-refractivity contribution in [1.29, 1.82) is 0 Å². The van der Waals surface area contributed by atoms with E-state index in [1.54, 1.807) is 42.0 Å². The van der Waals surface area contributed by atoms with Crippen LogP contribution in [-0.4, -0.2) is 30.0 Å². The van der Waals surface area contributed by atoms with Gasteiger partial charge in [-0.1, -0.05) is 11.8 Å². The summed E-state index contributed by atoms with van der Waals surface area (Å²) in [4.78, 5) is 17.8. The molecule has 0 aliphatic carbocycles. The second-order valence-corrected chi connectivity index (χ2v) is 8.79. The molecule has 0 bridgehead atoms. The number of methoxy groups -OCH3 is 1. The third-order valence-electron chi connectivity index (χ3n) is 3.70. The fourth-order valence-corrected chi connectivity index (χ4v) is 4.77. The van der Waals surface area contributed by atoms with E-state index in [0.29, 0.717) is 6.42 Å². The van der Waals surface area contributed by atoms with Gasteiger partial charge in [-0.3, -0.25) is 4.79 Å². The number of thioether (sulfide) groups is 2. The number of rotatable bonds is 8. The van der Waals surface area contributed by atoms with Crippen LogP contribution in [-0.2, 0) is 4.79 Å². The van der Waals surface area contributed by atoms with Crippen LogP contribution in [0.2, 0.25) is 0 Å². The van der Waals surface area contributed by atoms with Crippen molar-refractivity contribution in [2.75, 3.05) is 24.4 Å². The van der Waals surface area contributed by atoms with Gasteiger partial charge in [0.1, 0.15) is 5.75 Å². The molecule has 0 aliphatic rings. The van der Waals surface area contributed by atoms with Crippen LogP contribution in [0.1, 0.15) is 12.8 Å². The number of hydrogen-bond acceptors (Lipinski definition) is 6. The fourth-order valence-electron chi connectivity index (χ4n) is 2.39. The minimum Gasteiger partial charge on any atom is -0.497 e. The van der Waals surface area contributed by atoms with Crippen LogP contribution in [0.15, 0.2) is 51.7 Å². The lowest BCUT2D eigenvalue weighted by molar-refractivity contribution is -0.116. The average molecular weight is 405 g/mol. The summed E-state index contributed by atoms with van der Waals surface area (Å²) in [6.07, 6.45) is 3.37. The van der Waals surface area contributed by atoms with Gasteiger partial charge in [-0.2, -0.15) is 0 Å². The van der Waals surface area contributed by atoms with Crippen molar-refractivity contribution in [3.8, 4) is 5.75 Å². The molecule has 3 aromatic rings. The topological polar surface area (TPSA) is 51.2 Å². The quantitative estimate of drug-likeness (QED) is 0.395. The third kappa shape index (κ3) is 5.16. The molecule has 1 aromatic heterocycles. The largest absolute Gasteiger partial charge is 0.497 e. The minimum absolute atomic E-state index is 0.0503. The van der Waals surface area contributed by atoms with E-state index in [-0.39, 0.29) is 5.91 Å². The Bertz CT molecular complexity index is 878. The molecule has 0 aliphatic heterocycles. The van der Waals surface area contributed by atoms with Crippen molar-refractivity contribution in [3.05, 3.63) is 42.5 Å². The molecule has 0 unspecified atom stereocenters. The number of benzene rings is 2. The summed E-state index contributed by atoms with van der Waals surface area (Å²) in [7, 11) is 1.66. The minimum atomic E-state index is 0.0503. The predicted molar refractivity (Wildman–Crippen MR) is 113 cm³/mol. The molecule has 1 heterocycles. The van der Waals surface area contributed by atoms with E-state index >= 15 is 0 Å². The number of hydrogen-bond donors (Lipinski definition) is 1. The molecule has 1 N–H and O–H groups in total. The molecular formula is C19H20N2O2S3. The van der Waals surface area contributed by atoms with Gasteiger partial charge in [-0.15, -0.1) is 23.1 Å². The Kier molecular flexibility index (Phi) is 6.82. The highest BCUT2D eigenvalue weighted by Crippen LogP contribution is 2.30. The highest BCUT2D eigenvalue weighted by Gasteiger charge is 2.07. The van der Waals surface area contributed by atoms with Crippen LogP contribution in [0, 0.1) is 0 Å². The fraction of sp³-hybridized carbons (Fsp3) is 0.263. The van der Waals surface area contributed by atoms with Crippen LogP contribution in [0.3, 0.4) is 0 Å². The Morgan fingerprint density at radius 1 is 1.23 bits per heavy atom. The second kappa shape index (κ2) is 9.30. The number of carbonyl (C=O) groups is 1. The van der Waals surface area contributed by atoms with E-state index in [0.717, 1.165) is 38.2 Å². The summed E-state index contributed by atoms with van der Waals surface area (Å²) in [6, 6.07) is 13.8. The lowest BCUT2D eigenvalue weighted by Crippen LogP contribution is -2.11. The van der Waals surface area contributed by atoms with Crippen LogP contribution >= 0.6 is 34.9 Å². The van der Waals surface area contributed by atoms with E-state index in [2.05, 4.69) is 10.3 Å². The number of carbonyl (C=O) groups excluding carboxylic acids is 1. The van der Waals surface area contributed by atoms with Crippen molar-refractivity contribution in [2.45, 2.75) is 22.1 Å². The van der Waals surface area contributed by atoms with Crippen LogP contribution < -0.4 is 10.1 Å². The lowest BCUT2D eigenvalue weighted by Gasteiger charge is -2.06. The van der Waals surface area contributed by atoms with Crippen LogP contribution in [0.25, 0.3) is 10.2 Å². The highest BCUT2D eigenvalue weighted by atomic mass is 32.2. The molecule has 4 nitrogen and oxygen atoms in total. The van der Waals surface area contributed by atoms with E-state index in [1.807, 2.05) is 48.7 Å². The van der Waals surface area contributed by atoms with Gasteiger partial charge in [0.05, 0.1) is 17.3 Å². The summed E-state index contributed by atoms with van der Waals surface area (Å²) in [6.45, 7) is 0. The average Bonchev–Trinajstić information content (AvgIpc) is 3.08. The van der Waals surface area contributed by atoms with E-state index < -0.39 is 0 Å². The molecule has 0 fully saturated rings. The zero-order chi connectivity index (χ0) is 18.4. The number of thiazole rings is 1. The number of ether oxygens (including phenoxy) is 1. The van der Waals surface area contributed by atoms with Crippen LogP contribution in [0.5, 0.6) is 5.75 Å². The first-order chi connectivity index (χ1) is 12.7. The number of fused-ring (bicyclic) bond motifs is 1. The first kappa shape index (κ1) is 19.1. The van der Waals surface area contributed by atoms with Gasteiger partial charge < -0.3 is 10.1 Å². The Morgan fingerprint density at radius 3 is 2.77 bits per heavy atom. The molecular weight excluding hydrogens is 384 g/mol. The Labute approximate surface area is 165 Å². The Hall–Kier alpha value is -1.70. The van der Waals surface area contributed by atoms with E-state index in [1.165, 1.54) is 4.90 Å². The molecule has 1 amide bonds. The maximum atomic E-state index is 12.2. The summed E-state index contributed by atoms with van der Waals surface area (Å²) in [5, 5.41) is 2.98. The van der Waals surface area contributed by atoms with Gasteiger partial charge in [-0.25, -0.2) is 4.98 Å². The SMILES string of the molecule is COc1ccc(SCCCC(=O)Nc2ccc3nc(SC)sc3c2)cc1. The van der Waals surface area contributed by atoms with Crippen molar-refractivity contribution in [2.24, 2.45) is 0 Å². The molecule has 26 heavy (non-hydrogen) atoms. The first-order valence-corrected chi connectivity index (χ1v) is 11.2. The van der Waals surface area contributed by atoms with Gasteiger partial charge in [0.2, 0.25) is 5.91 Å². The summed E-state index contributed by atoms with van der Waals surface area (Å²) in [5.74, 6) is 1.82. The zero-order valence-corrected chi connectivity index (χ0v) is 17.1. The first-order valence-electron chi connectivity index (χ1n) is 8.19. The zero-order valence-electron chi connectivity index (χ0n) is 14.7. The van der Waals surface area contributed by atoms with Crippen molar-refractivity contribution >= 4 is 56.7 Å². The third-order valence-corrected chi connectivity index (χ3v) is 6.81.